The highest BCUT2D eigenvalue weighted by molar-refractivity contribution is 9.10. The van der Waals surface area contributed by atoms with Gasteiger partial charge >= 0.3 is 10.4 Å². The molecule has 0 spiro atoms. The van der Waals surface area contributed by atoms with E-state index in [2.05, 4.69) is 42.0 Å². The molecule has 0 fully saturated rings. The lowest BCUT2D eigenvalue weighted by Crippen LogP contribution is -2.07. The predicted octanol–water partition coefficient (Wildman–Crippen LogP) is 2.02. The number of anilines is 1. The van der Waals surface area contributed by atoms with E-state index in [1.807, 2.05) is 24.3 Å². The average Bonchev–Trinajstić information content (AvgIpc) is 2.06. The van der Waals surface area contributed by atoms with Crippen molar-refractivity contribution in [2.75, 3.05) is 5.43 Å². The zero-order valence-electron chi connectivity index (χ0n) is 7.18. The highest BCUT2D eigenvalue weighted by Gasteiger charge is 1.93. The Morgan fingerprint density at radius 2 is 1.67 bits per heavy atom. The molecule has 4 N–H and O–H groups in total. The summed E-state index contributed by atoms with van der Waals surface area (Å²) in [5.74, 6) is 0. The molecule has 0 saturated carbocycles. The minimum Gasteiger partial charge on any atom is -0.310 e. The Labute approximate surface area is 104 Å². The maximum absolute atomic E-state index is 8.74. The van der Waals surface area contributed by atoms with Gasteiger partial charge in [-0.3, -0.25) is 9.11 Å². The van der Waals surface area contributed by atoms with E-state index in [4.69, 9.17) is 17.5 Å². The molecule has 9 heteroatoms. The average molecular weight is 364 g/mol. The van der Waals surface area contributed by atoms with Crippen LogP contribution in [0.2, 0.25) is 0 Å². The Balaban J connectivity index is 0.000000336. The van der Waals surface area contributed by atoms with Crippen molar-refractivity contribution < 1.29 is 17.5 Å². The molecule has 0 radical (unpaired) electrons. The Morgan fingerprint density at radius 1 is 1.20 bits per heavy atom. The van der Waals surface area contributed by atoms with Crippen LogP contribution in [0.3, 0.4) is 0 Å². The van der Waals surface area contributed by atoms with Crippen molar-refractivity contribution in [2.24, 2.45) is 0 Å². The van der Waals surface area contributed by atoms with Gasteiger partial charge in [-0.2, -0.15) is 12.9 Å². The molecule has 0 saturated heterocycles. The van der Waals surface area contributed by atoms with Crippen molar-refractivity contribution in [1.82, 2.24) is 4.45 Å². The second-order valence-electron chi connectivity index (χ2n) is 2.15. The first-order valence-corrected chi connectivity index (χ1v) is 6.39. The molecule has 0 aliphatic rings. The lowest BCUT2D eigenvalue weighted by atomic mass is 10.3. The summed E-state index contributed by atoms with van der Waals surface area (Å²) in [4.78, 5) is 0. The smallest absolute Gasteiger partial charge is 0.310 e. The predicted molar refractivity (Wildman–Crippen MR) is 64.0 cm³/mol. The minimum atomic E-state index is -4.67. The van der Waals surface area contributed by atoms with Crippen molar-refractivity contribution in [3.05, 3.63) is 28.7 Å². The molecule has 0 bridgehead atoms. The summed E-state index contributed by atoms with van der Waals surface area (Å²) in [7, 11) is -4.67. The van der Waals surface area contributed by atoms with Crippen molar-refractivity contribution in [3.8, 4) is 0 Å². The molecule has 0 heterocycles. The summed E-state index contributed by atoms with van der Waals surface area (Å²) in [6.07, 6.45) is 0. The highest BCUT2D eigenvalue weighted by atomic mass is 79.9. The monoisotopic (exact) mass is 362 g/mol. The molecular weight excluding hydrogens is 356 g/mol. The molecule has 15 heavy (non-hydrogen) atoms. The van der Waals surface area contributed by atoms with Crippen LogP contribution < -0.4 is 9.88 Å². The Morgan fingerprint density at radius 3 is 2.07 bits per heavy atom. The molecule has 1 rings (SSSR count). The Hall–Kier alpha value is -0.190. The lowest BCUT2D eigenvalue weighted by Gasteiger charge is -2.03. The third-order valence-corrected chi connectivity index (χ3v) is 1.95. The van der Waals surface area contributed by atoms with Crippen LogP contribution in [0, 0.1) is 0 Å². The van der Waals surface area contributed by atoms with Gasteiger partial charge in [0.2, 0.25) is 0 Å². The summed E-state index contributed by atoms with van der Waals surface area (Å²) in [6.45, 7) is 0. The van der Waals surface area contributed by atoms with Gasteiger partial charge < -0.3 is 5.43 Å². The van der Waals surface area contributed by atoms with E-state index < -0.39 is 10.4 Å². The molecule has 1 aromatic rings. The van der Waals surface area contributed by atoms with E-state index in [0.29, 0.717) is 0 Å². The lowest BCUT2D eigenvalue weighted by molar-refractivity contribution is 0.381. The largest absolute Gasteiger partial charge is 0.394 e. The van der Waals surface area contributed by atoms with E-state index in [0.717, 1.165) is 10.2 Å². The number of benzene rings is 1. The number of hydrogen-bond acceptors (Lipinski definition) is 4. The van der Waals surface area contributed by atoms with Gasteiger partial charge in [0.15, 0.2) is 0 Å². The van der Waals surface area contributed by atoms with Crippen LogP contribution in [0.1, 0.15) is 0 Å². The van der Waals surface area contributed by atoms with Gasteiger partial charge in [0, 0.05) is 20.6 Å². The molecule has 1 aromatic carbocycles. The van der Waals surface area contributed by atoms with Gasteiger partial charge in [0.05, 0.1) is 5.69 Å². The number of halogens is 2. The zero-order valence-corrected chi connectivity index (χ0v) is 11.2. The van der Waals surface area contributed by atoms with Crippen LogP contribution in [0.15, 0.2) is 28.7 Å². The SMILES string of the molecule is BrNNc1ccccc1Br.O=S(=O)(O)O. The topological polar surface area (TPSA) is 98.7 Å². The van der Waals surface area contributed by atoms with Gasteiger partial charge in [-0.25, -0.2) is 0 Å². The number of hydrogen-bond donors (Lipinski definition) is 4. The van der Waals surface area contributed by atoms with Crippen molar-refractivity contribution in [1.29, 1.82) is 0 Å². The number of nitrogens with one attached hydrogen (secondary N) is 2. The number of para-hydroxylation sites is 1. The van der Waals surface area contributed by atoms with E-state index in [1.165, 1.54) is 0 Å². The maximum atomic E-state index is 8.74. The van der Waals surface area contributed by atoms with Crippen LogP contribution in [0.5, 0.6) is 0 Å². The minimum absolute atomic E-state index is 0.999. The zero-order chi connectivity index (χ0) is 11.9. The summed E-state index contributed by atoms with van der Waals surface area (Å²) in [5.41, 5.74) is 3.90. The van der Waals surface area contributed by atoms with Crippen LogP contribution >= 0.6 is 32.1 Å². The molecule has 0 aliphatic heterocycles. The van der Waals surface area contributed by atoms with E-state index in [1.54, 1.807) is 0 Å². The quantitative estimate of drug-likeness (QED) is 0.364. The number of rotatable bonds is 2. The Bertz CT molecular complexity index is 390. The summed E-state index contributed by atoms with van der Waals surface area (Å²) >= 11 is 6.41. The van der Waals surface area contributed by atoms with Gasteiger partial charge in [0.25, 0.3) is 0 Å². The maximum Gasteiger partial charge on any atom is 0.394 e. The fraction of sp³-hybridized carbons (Fsp3) is 0. The van der Waals surface area contributed by atoms with Crippen LogP contribution in [0.4, 0.5) is 5.69 Å². The molecule has 0 unspecified atom stereocenters. The molecule has 0 aromatic heterocycles. The summed E-state index contributed by atoms with van der Waals surface area (Å²) in [5, 5.41) is 0. The molecular formula is C6H8Br2N2O4S. The van der Waals surface area contributed by atoms with Crippen LogP contribution in [0.25, 0.3) is 0 Å². The Kier molecular flexibility index (Phi) is 7.05. The molecule has 86 valence electrons. The summed E-state index contributed by atoms with van der Waals surface area (Å²) < 4.78 is 35.3. The van der Waals surface area contributed by atoms with Crippen molar-refractivity contribution >= 4 is 48.2 Å². The fourth-order valence-corrected chi connectivity index (χ4v) is 1.21. The summed E-state index contributed by atoms with van der Waals surface area (Å²) in [6, 6.07) is 7.84. The van der Waals surface area contributed by atoms with E-state index >= 15 is 0 Å². The first-order chi connectivity index (χ1) is 6.84. The van der Waals surface area contributed by atoms with Crippen molar-refractivity contribution in [3.63, 3.8) is 0 Å². The van der Waals surface area contributed by atoms with Gasteiger partial charge in [0.1, 0.15) is 0 Å². The van der Waals surface area contributed by atoms with Crippen LogP contribution in [-0.4, -0.2) is 17.5 Å². The van der Waals surface area contributed by atoms with Gasteiger partial charge in [-0.05, 0) is 28.1 Å². The van der Waals surface area contributed by atoms with Crippen molar-refractivity contribution in [2.45, 2.75) is 0 Å². The molecule has 0 atom stereocenters. The van der Waals surface area contributed by atoms with Crippen LogP contribution in [-0.2, 0) is 10.4 Å². The fourth-order valence-electron chi connectivity index (χ4n) is 0.613. The molecule has 6 nitrogen and oxygen atoms in total. The van der Waals surface area contributed by atoms with E-state index in [-0.39, 0.29) is 0 Å². The number of hydrazine groups is 1. The molecule has 0 amide bonds. The second kappa shape index (κ2) is 7.14. The second-order valence-corrected chi connectivity index (χ2v) is 4.29. The van der Waals surface area contributed by atoms with Gasteiger partial charge in [-0.1, -0.05) is 12.1 Å². The third-order valence-electron chi connectivity index (χ3n) is 1.06. The first kappa shape index (κ1) is 14.8. The van der Waals surface area contributed by atoms with E-state index in [9.17, 15) is 0 Å². The first-order valence-electron chi connectivity index (χ1n) is 3.40. The normalized spacial score (nSPS) is 10.1. The third kappa shape index (κ3) is 10.1. The standard InChI is InChI=1S/C6H6Br2N2.H2O4S/c7-5-3-1-2-4-6(5)9-10-8;1-5(2,3)4/h1-4,9-10H;(H2,1,2,3,4). The van der Waals surface area contributed by atoms with Gasteiger partial charge in [-0.15, -0.1) is 0 Å². The molecule has 0 aliphatic carbocycles. The highest BCUT2D eigenvalue weighted by Crippen LogP contribution is 2.20.